The van der Waals surface area contributed by atoms with Gasteiger partial charge in [-0.1, -0.05) is 6.07 Å². The van der Waals surface area contributed by atoms with Gasteiger partial charge in [0.1, 0.15) is 35.1 Å². The second kappa shape index (κ2) is 12.7. The predicted molar refractivity (Wildman–Crippen MR) is 167 cm³/mol. The van der Waals surface area contributed by atoms with Gasteiger partial charge in [-0.3, -0.25) is 19.3 Å². The zero-order valence-electron chi connectivity index (χ0n) is 24.2. The number of carboxylic acid groups (broad SMARTS) is 1. The summed E-state index contributed by atoms with van der Waals surface area (Å²) in [6.45, 7) is 4.39. The van der Waals surface area contributed by atoms with Crippen molar-refractivity contribution in [1.82, 2.24) is 20.1 Å². The highest BCUT2D eigenvalue weighted by atomic mass is 32.2. The lowest BCUT2D eigenvalue weighted by atomic mass is 10.0. The van der Waals surface area contributed by atoms with Crippen molar-refractivity contribution in [3.63, 3.8) is 0 Å². The third-order valence-corrected chi connectivity index (χ3v) is 10.2. The minimum absolute atomic E-state index is 0.0301. The molecule has 2 atom stereocenters. The Morgan fingerprint density at radius 3 is 2.67 bits per heavy atom. The van der Waals surface area contributed by atoms with Crippen molar-refractivity contribution in [3.8, 4) is 0 Å². The number of carbonyl (C=O) groups is 4. The summed E-state index contributed by atoms with van der Waals surface area (Å²) in [6, 6.07) is 5.52. The van der Waals surface area contributed by atoms with E-state index in [0.717, 1.165) is 15.8 Å². The molecule has 2 fully saturated rings. The summed E-state index contributed by atoms with van der Waals surface area (Å²) in [4.78, 5) is 68.0. The van der Waals surface area contributed by atoms with Gasteiger partial charge in [-0.2, -0.15) is 0 Å². The number of aromatic nitrogens is 1. The molecule has 2 saturated heterocycles. The molecule has 0 saturated carbocycles. The lowest BCUT2D eigenvalue weighted by Gasteiger charge is -2.49. The van der Waals surface area contributed by atoms with E-state index in [4.69, 9.17) is 4.74 Å². The highest BCUT2D eigenvalue weighted by Gasteiger charge is 2.54. The number of amides is 2. The Balaban J connectivity index is 1.19. The number of pyridine rings is 1. The van der Waals surface area contributed by atoms with Gasteiger partial charge in [-0.05, 0) is 30.5 Å². The number of benzene rings is 1. The summed E-state index contributed by atoms with van der Waals surface area (Å²) in [5, 5.41) is 17.1. The number of thioether (sulfide) groups is 1. The number of carboxylic acids is 1. The van der Waals surface area contributed by atoms with Gasteiger partial charge >= 0.3 is 11.9 Å². The molecule has 0 bridgehead atoms. The second-order valence-electron chi connectivity index (χ2n) is 10.8. The van der Waals surface area contributed by atoms with Crippen molar-refractivity contribution in [2.24, 2.45) is 0 Å². The predicted octanol–water partition coefficient (Wildman–Crippen LogP) is 1.77. The molecule has 3 aliphatic heterocycles. The molecular formula is C30H30FN5O7S2. The van der Waals surface area contributed by atoms with E-state index in [2.05, 4.69) is 10.6 Å². The highest BCUT2D eigenvalue weighted by molar-refractivity contribution is 8.00. The fourth-order valence-corrected chi connectivity index (χ4v) is 7.81. The van der Waals surface area contributed by atoms with E-state index in [0.29, 0.717) is 43.9 Å². The van der Waals surface area contributed by atoms with Gasteiger partial charge < -0.3 is 29.9 Å². The number of esters is 1. The van der Waals surface area contributed by atoms with Gasteiger partial charge in [0, 0.05) is 60.5 Å². The second-order valence-corrected chi connectivity index (χ2v) is 12.9. The maximum absolute atomic E-state index is 15.2. The number of aryl methyl sites for hydroxylation is 1. The molecule has 6 rings (SSSR count). The number of aliphatic carboxylic acids is 1. The fourth-order valence-electron chi connectivity index (χ4n) is 5.78. The zero-order chi connectivity index (χ0) is 31.8. The minimum atomic E-state index is -1.38. The molecule has 1 aromatic carbocycles. The topological polar surface area (TPSA) is 150 Å². The van der Waals surface area contributed by atoms with Gasteiger partial charge in [0.25, 0.3) is 5.91 Å². The van der Waals surface area contributed by atoms with E-state index in [9.17, 15) is 29.1 Å². The molecule has 3 N–H and O–H groups in total. The third kappa shape index (κ3) is 5.82. The lowest BCUT2D eigenvalue weighted by Crippen LogP contribution is -2.70. The summed E-state index contributed by atoms with van der Waals surface area (Å²) in [5.74, 6) is -3.73. The molecule has 0 unspecified atom stereocenters. The maximum atomic E-state index is 15.2. The van der Waals surface area contributed by atoms with E-state index in [1.807, 2.05) is 29.3 Å². The van der Waals surface area contributed by atoms with Crippen molar-refractivity contribution in [3.05, 3.63) is 73.6 Å². The molecule has 12 nitrogen and oxygen atoms in total. The molecule has 3 aromatic rings. The largest absolute Gasteiger partial charge is 0.477 e. The van der Waals surface area contributed by atoms with Gasteiger partial charge in [-0.15, -0.1) is 23.1 Å². The molecule has 2 aromatic heterocycles. The average Bonchev–Trinajstić information content (AvgIpc) is 3.55. The van der Waals surface area contributed by atoms with Crippen LogP contribution < -0.4 is 21.0 Å². The molecule has 15 heteroatoms. The van der Waals surface area contributed by atoms with Crippen LogP contribution in [0.2, 0.25) is 0 Å². The molecule has 0 radical (unpaired) electrons. The number of fused-ring (bicyclic) bond motifs is 2. The summed E-state index contributed by atoms with van der Waals surface area (Å²) in [5.41, 5.74) is -0.287. The minimum Gasteiger partial charge on any atom is -0.477 e. The van der Waals surface area contributed by atoms with Crippen LogP contribution in [0.4, 0.5) is 10.1 Å². The normalized spacial score (nSPS) is 19.7. The molecule has 0 aliphatic carbocycles. The molecule has 236 valence electrons. The number of ether oxygens (including phenoxy) is 1. The van der Waals surface area contributed by atoms with Crippen molar-refractivity contribution in [2.75, 3.05) is 43.4 Å². The number of thiophene rings is 1. The standard InChI is InChI=1S/C30H30FN5O7S2/c1-2-34-13-19(26(38)18-11-20(31)22(12-21(18)34)35-7-5-32-6-8-35)30(42)43-14-16-15-45-28-24(27(39)36(28)25(16)29(40)41)33-23(37)10-17-4-3-9-44-17/h3-4,9,11-13,24,28,32H,2,5-8,10,14-15H2,1H3,(H,33,37)(H,40,41)/t24-,28-/m1/s1. The maximum Gasteiger partial charge on any atom is 0.352 e. The van der Waals surface area contributed by atoms with Crippen LogP contribution in [0.5, 0.6) is 0 Å². The first-order valence-electron chi connectivity index (χ1n) is 14.4. The first-order valence-corrected chi connectivity index (χ1v) is 16.3. The van der Waals surface area contributed by atoms with Crippen LogP contribution in [-0.2, 0) is 32.1 Å². The van der Waals surface area contributed by atoms with Crippen molar-refractivity contribution in [2.45, 2.75) is 31.3 Å². The molecular weight excluding hydrogens is 625 g/mol. The van der Waals surface area contributed by atoms with Crippen LogP contribution in [0.25, 0.3) is 10.9 Å². The van der Waals surface area contributed by atoms with Gasteiger partial charge in [0.05, 0.1) is 17.6 Å². The smallest absolute Gasteiger partial charge is 0.352 e. The van der Waals surface area contributed by atoms with Gasteiger partial charge in [-0.25, -0.2) is 14.0 Å². The Morgan fingerprint density at radius 2 is 1.98 bits per heavy atom. The van der Waals surface area contributed by atoms with Gasteiger partial charge in [0.15, 0.2) is 0 Å². The number of piperazine rings is 1. The van der Waals surface area contributed by atoms with E-state index >= 15 is 4.39 Å². The Labute approximate surface area is 264 Å². The number of hydrogen-bond donors (Lipinski definition) is 3. The highest BCUT2D eigenvalue weighted by Crippen LogP contribution is 2.40. The van der Waals surface area contributed by atoms with Gasteiger partial charge in [0.2, 0.25) is 11.3 Å². The molecule has 45 heavy (non-hydrogen) atoms. The quantitative estimate of drug-likeness (QED) is 0.230. The molecule has 3 aliphatic rings. The summed E-state index contributed by atoms with van der Waals surface area (Å²) in [6.07, 6.45) is 1.48. The van der Waals surface area contributed by atoms with Crippen LogP contribution in [0.3, 0.4) is 0 Å². The monoisotopic (exact) mass is 655 g/mol. The number of anilines is 1. The van der Waals surface area contributed by atoms with Crippen LogP contribution in [0, 0.1) is 5.82 Å². The summed E-state index contributed by atoms with van der Waals surface area (Å²) >= 11 is 2.66. The average molecular weight is 656 g/mol. The fraction of sp³-hybridized carbons (Fsp3) is 0.367. The zero-order valence-corrected chi connectivity index (χ0v) is 25.8. The van der Waals surface area contributed by atoms with Crippen LogP contribution in [0.1, 0.15) is 22.2 Å². The number of rotatable bonds is 9. The van der Waals surface area contributed by atoms with Crippen LogP contribution in [-0.4, -0.2) is 88.3 Å². The van der Waals surface area contributed by atoms with Crippen molar-refractivity contribution in [1.29, 1.82) is 0 Å². The Morgan fingerprint density at radius 1 is 1.20 bits per heavy atom. The lowest BCUT2D eigenvalue weighted by molar-refractivity contribution is -0.150. The van der Waals surface area contributed by atoms with E-state index in [-0.39, 0.29) is 40.3 Å². The first-order chi connectivity index (χ1) is 21.7. The Hall–Kier alpha value is -4.21. The summed E-state index contributed by atoms with van der Waals surface area (Å²) in [7, 11) is 0. The van der Waals surface area contributed by atoms with E-state index < -0.39 is 47.1 Å². The van der Waals surface area contributed by atoms with E-state index in [1.165, 1.54) is 29.3 Å². The number of nitrogens with one attached hydrogen (secondary N) is 2. The molecule has 2 amide bonds. The number of hydrogen-bond acceptors (Lipinski definition) is 10. The number of halogens is 1. The number of nitrogens with zero attached hydrogens (tertiary/aromatic N) is 3. The van der Waals surface area contributed by atoms with Crippen LogP contribution >= 0.6 is 23.1 Å². The van der Waals surface area contributed by atoms with Crippen molar-refractivity contribution >= 4 is 63.4 Å². The Kier molecular flexibility index (Phi) is 8.66. The Bertz CT molecular complexity index is 1780. The number of β-lactam (4-membered cyclic amide) rings is 1. The van der Waals surface area contributed by atoms with Crippen LogP contribution in [0.15, 0.2) is 51.9 Å². The third-order valence-electron chi connectivity index (χ3n) is 8.03. The summed E-state index contributed by atoms with van der Waals surface area (Å²) < 4.78 is 22.3. The first kappa shape index (κ1) is 30.8. The van der Waals surface area contributed by atoms with Crippen molar-refractivity contribution < 1.29 is 33.4 Å². The molecule has 5 heterocycles. The SMILES string of the molecule is CCn1cc(C(=O)OCC2=C(C(=O)O)N3C(=O)[C@@H](NC(=O)Cc4cccs4)[C@H]3SC2)c(=O)c2cc(F)c(N3CCNCC3)cc21. The number of carbonyl (C=O) groups excluding carboxylic acids is 3. The van der Waals surface area contributed by atoms with E-state index in [1.54, 1.807) is 10.6 Å². The molecule has 0 spiro atoms.